The predicted octanol–water partition coefficient (Wildman–Crippen LogP) is 3.27. The number of nitrogens with one attached hydrogen (secondary N) is 1. The fraction of sp³-hybridized carbons (Fsp3) is 0.227. The first kappa shape index (κ1) is 20.8. The summed E-state index contributed by atoms with van der Waals surface area (Å²) in [7, 11) is 0. The molecule has 0 radical (unpaired) electrons. The van der Waals surface area contributed by atoms with Crippen molar-refractivity contribution < 1.29 is 19.5 Å². The lowest BCUT2D eigenvalue weighted by Gasteiger charge is -2.35. The Labute approximate surface area is 183 Å². The number of para-hydroxylation sites is 1. The molecule has 0 aliphatic carbocycles. The number of amides is 2. The van der Waals surface area contributed by atoms with Gasteiger partial charge in [0, 0.05) is 37.9 Å². The second-order valence-electron chi connectivity index (χ2n) is 7.00. The van der Waals surface area contributed by atoms with Gasteiger partial charge in [-0.2, -0.15) is 0 Å². The fourth-order valence-corrected chi connectivity index (χ4v) is 4.23. The van der Waals surface area contributed by atoms with E-state index in [1.54, 1.807) is 16.5 Å². The lowest BCUT2D eigenvalue weighted by Crippen LogP contribution is -2.48. The number of carbonyl (C=O) groups is 2. The Morgan fingerprint density at radius 2 is 1.84 bits per heavy atom. The van der Waals surface area contributed by atoms with Gasteiger partial charge in [0.05, 0.1) is 10.2 Å². The van der Waals surface area contributed by atoms with Crippen molar-refractivity contribution in [2.75, 3.05) is 31.1 Å². The van der Waals surface area contributed by atoms with E-state index in [0.29, 0.717) is 26.2 Å². The van der Waals surface area contributed by atoms with Crippen LogP contribution in [0.4, 0.5) is 10.5 Å². The Morgan fingerprint density at radius 3 is 2.55 bits per heavy atom. The molecule has 0 atom stereocenters. The maximum atomic E-state index is 12.4. The van der Waals surface area contributed by atoms with Crippen LogP contribution in [0.3, 0.4) is 0 Å². The Morgan fingerprint density at radius 1 is 1.10 bits per heavy atom. The summed E-state index contributed by atoms with van der Waals surface area (Å²) in [5.74, 6) is -0.574. The number of anilines is 1. The summed E-state index contributed by atoms with van der Waals surface area (Å²) in [5.41, 5.74) is 4.38. The molecule has 1 saturated heterocycles. The van der Waals surface area contributed by atoms with Crippen molar-refractivity contribution in [3.8, 4) is 0 Å². The molecule has 160 valence electrons. The molecule has 1 aliphatic heterocycles. The summed E-state index contributed by atoms with van der Waals surface area (Å²) in [4.78, 5) is 31.9. The SMILES string of the molecule is O=C(/C=C/c1ccc(N2CCN(C(=O)OCc3nc4ccccc4s3)CC2)cc1)NO. The molecule has 0 saturated carbocycles. The van der Waals surface area contributed by atoms with Gasteiger partial charge in [0.25, 0.3) is 5.91 Å². The normalized spacial score (nSPS) is 14.2. The molecule has 8 nitrogen and oxygen atoms in total. The zero-order valence-corrected chi connectivity index (χ0v) is 17.5. The molecular formula is C22H22N4O4S. The zero-order chi connectivity index (χ0) is 21.6. The minimum absolute atomic E-state index is 0.182. The number of hydrogen-bond acceptors (Lipinski definition) is 7. The van der Waals surface area contributed by atoms with E-state index in [0.717, 1.165) is 26.5 Å². The smallest absolute Gasteiger partial charge is 0.410 e. The molecule has 2 aromatic carbocycles. The molecule has 0 unspecified atom stereocenters. The van der Waals surface area contributed by atoms with Crippen LogP contribution in [0.1, 0.15) is 10.6 Å². The van der Waals surface area contributed by atoms with Crippen LogP contribution < -0.4 is 10.4 Å². The maximum Gasteiger partial charge on any atom is 0.410 e. The molecule has 0 spiro atoms. The summed E-state index contributed by atoms with van der Waals surface area (Å²) in [5, 5.41) is 9.30. The van der Waals surface area contributed by atoms with E-state index < -0.39 is 5.91 Å². The van der Waals surface area contributed by atoms with Crippen molar-refractivity contribution in [2.45, 2.75) is 6.61 Å². The molecule has 2 heterocycles. The number of rotatable bonds is 5. The summed E-state index contributed by atoms with van der Waals surface area (Å²) >= 11 is 1.54. The molecule has 31 heavy (non-hydrogen) atoms. The molecule has 2 amide bonds. The largest absolute Gasteiger partial charge is 0.442 e. The second kappa shape index (κ2) is 9.59. The second-order valence-corrected chi connectivity index (χ2v) is 8.12. The monoisotopic (exact) mass is 438 g/mol. The Balaban J connectivity index is 1.26. The van der Waals surface area contributed by atoms with Gasteiger partial charge in [-0.3, -0.25) is 10.0 Å². The number of hydroxylamine groups is 1. The highest BCUT2D eigenvalue weighted by molar-refractivity contribution is 7.18. The Hall–Kier alpha value is -3.43. The quantitative estimate of drug-likeness (QED) is 0.361. The van der Waals surface area contributed by atoms with Gasteiger partial charge in [-0.15, -0.1) is 11.3 Å². The summed E-state index contributed by atoms with van der Waals surface area (Å²) in [6.45, 7) is 2.76. The number of hydrogen-bond donors (Lipinski definition) is 2. The van der Waals surface area contributed by atoms with E-state index in [2.05, 4.69) is 9.88 Å². The van der Waals surface area contributed by atoms with Crippen LogP contribution in [-0.2, 0) is 16.1 Å². The third kappa shape index (κ3) is 5.19. The van der Waals surface area contributed by atoms with Gasteiger partial charge in [0.15, 0.2) is 0 Å². The Kier molecular flexibility index (Phi) is 6.44. The van der Waals surface area contributed by atoms with E-state index in [4.69, 9.17) is 9.94 Å². The molecule has 1 aromatic heterocycles. The van der Waals surface area contributed by atoms with Crippen molar-refractivity contribution in [3.63, 3.8) is 0 Å². The Bertz CT molecular complexity index is 1060. The van der Waals surface area contributed by atoms with Crippen molar-refractivity contribution in [3.05, 3.63) is 65.2 Å². The molecule has 1 aliphatic rings. The standard InChI is InChI=1S/C22H22N4O4S/c27-20(24-29)10-7-16-5-8-17(9-6-16)25-11-13-26(14-12-25)22(28)30-15-21-23-18-3-1-2-4-19(18)31-21/h1-10,29H,11-15H2,(H,24,27)/b10-7+. The average Bonchev–Trinajstić information content (AvgIpc) is 3.24. The van der Waals surface area contributed by atoms with E-state index in [-0.39, 0.29) is 12.7 Å². The van der Waals surface area contributed by atoms with Crippen LogP contribution in [0.25, 0.3) is 16.3 Å². The minimum atomic E-state index is -0.574. The van der Waals surface area contributed by atoms with Crippen molar-refractivity contribution in [1.29, 1.82) is 0 Å². The van der Waals surface area contributed by atoms with Gasteiger partial charge in [0.1, 0.15) is 11.6 Å². The van der Waals surface area contributed by atoms with E-state index in [1.807, 2.05) is 48.5 Å². The number of aromatic nitrogens is 1. The topological polar surface area (TPSA) is 95.0 Å². The van der Waals surface area contributed by atoms with Crippen LogP contribution in [0.5, 0.6) is 0 Å². The lowest BCUT2D eigenvalue weighted by molar-refractivity contribution is -0.124. The summed E-state index contributed by atoms with van der Waals surface area (Å²) in [6, 6.07) is 15.6. The number of fused-ring (bicyclic) bond motifs is 1. The number of benzene rings is 2. The highest BCUT2D eigenvalue weighted by Crippen LogP contribution is 2.22. The van der Waals surface area contributed by atoms with Gasteiger partial charge in [-0.1, -0.05) is 24.3 Å². The van der Waals surface area contributed by atoms with Crippen LogP contribution >= 0.6 is 11.3 Å². The van der Waals surface area contributed by atoms with Crippen LogP contribution in [0.15, 0.2) is 54.6 Å². The van der Waals surface area contributed by atoms with E-state index in [9.17, 15) is 9.59 Å². The molecule has 2 N–H and O–H groups in total. The van der Waals surface area contributed by atoms with E-state index in [1.165, 1.54) is 17.4 Å². The molecule has 3 aromatic rings. The number of carbonyl (C=O) groups excluding carboxylic acids is 2. The zero-order valence-electron chi connectivity index (χ0n) is 16.7. The average molecular weight is 439 g/mol. The molecule has 9 heteroatoms. The van der Waals surface area contributed by atoms with Gasteiger partial charge in [-0.25, -0.2) is 15.3 Å². The van der Waals surface area contributed by atoms with Gasteiger partial charge >= 0.3 is 6.09 Å². The molecular weight excluding hydrogens is 416 g/mol. The molecule has 4 rings (SSSR count). The first-order valence-electron chi connectivity index (χ1n) is 9.86. The molecule has 1 fully saturated rings. The maximum absolute atomic E-state index is 12.4. The third-order valence-corrected chi connectivity index (χ3v) is 6.00. The predicted molar refractivity (Wildman–Crippen MR) is 119 cm³/mol. The van der Waals surface area contributed by atoms with Crippen molar-refractivity contribution >= 4 is 45.3 Å². The highest BCUT2D eigenvalue weighted by atomic mass is 32.1. The van der Waals surface area contributed by atoms with Gasteiger partial charge < -0.3 is 14.5 Å². The van der Waals surface area contributed by atoms with Crippen LogP contribution in [0.2, 0.25) is 0 Å². The van der Waals surface area contributed by atoms with Gasteiger partial charge in [0.2, 0.25) is 0 Å². The number of piperazine rings is 1. The third-order valence-electron chi connectivity index (χ3n) is 4.99. The molecule has 0 bridgehead atoms. The lowest BCUT2D eigenvalue weighted by atomic mass is 10.1. The first-order chi connectivity index (χ1) is 15.1. The van der Waals surface area contributed by atoms with E-state index >= 15 is 0 Å². The van der Waals surface area contributed by atoms with Gasteiger partial charge in [-0.05, 0) is 35.9 Å². The summed E-state index contributed by atoms with van der Waals surface area (Å²) in [6.07, 6.45) is 2.56. The van der Waals surface area contributed by atoms with Crippen LogP contribution in [-0.4, -0.2) is 53.3 Å². The fourth-order valence-electron chi connectivity index (χ4n) is 3.35. The first-order valence-corrected chi connectivity index (χ1v) is 10.7. The number of nitrogens with zero attached hydrogens (tertiary/aromatic N) is 3. The summed E-state index contributed by atoms with van der Waals surface area (Å²) < 4.78 is 6.55. The number of thiazole rings is 1. The minimum Gasteiger partial charge on any atom is -0.442 e. The van der Waals surface area contributed by atoms with Crippen molar-refractivity contribution in [1.82, 2.24) is 15.4 Å². The number of ether oxygens (including phenoxy) is 1. The van der Waals surface area contributed by atoms with Crippen LogP contribution in [0, 0.1) is 0 Å². The van der Waals surface area contributed by atoms with Crippen molar-refractivity contribution in [2.24, 2.45) is 0 Å². The highest BCUT2D eigenvalue weighted by Gasteiger charge is 2.22.